The second kappa shape index (κ2) is 7.66. The van der Waals surface area contributed by atoms with E-state index in [4.69, 9.17) is 16.9 Å². The maximum absolute atomic E-state index is 11.7. The Labute approximate surface area is 134 Å². The molecule has 1 unspecified atom stereocenters. The van der Waals surface area contributed by atoms with Gasteiger partial charge in [0.15, 0.2) is 0 Å². The standard InChI is InChI=1S/C15H19ClN4O2/c1-15(2,3)12(8-17)20-13(21)9-18-14(22)19-11-6-4-5-10(16)7-11/h4-7,12H,9H2,1-3H3,(H,20,21)(H2,18,19,22). The number of anilines is 1. The summed E-state index contributed by atoms with van der Waals surface area (Å²) in [4.78, 5) is 23.4. The Morgan fingerprint density at radius 3 is 2.59 bits per heavy atom. The molecule has 0 fully saturated rings. The molecule has 0 saturated carbocycles. The van der Waals surface area contributed by atoms with Gasteiger partial charge in [0.2, 0.25) is 5.91 Å². The first-order valence-electron chi connectivity index (χ1n) is 6.72. The molecule has 1 aromatic carbocycles. The summed E-state index contributed by atoms with van der Waals surface area (Å²) >= 11 is 5.81. The van der Waals surface area contributed by atoms with Crippen LogP contribution in [-0.2, 0) is 4.79 Å². The summed E-state index contributed by atoms with van der Waals surface area (Å²) in [6.07, 6.45) is 0. The number of carbonyl (C=O) groups excluding carboxylic acids is 2. The Morgan fingerprint density at radius 2 is 2.05 bits per heavy atom. The number of halogens is 1. The number of urea groups is 1. The third-order valence-electron chi connectivity index (χ3n) is 2.79. The lowest BCUT2D eigenvalue weighted by molar-refractivity contribution is -0.121. The highest BCUT2D eigenvalue weighted by atomic mass is 35.5. The molecule has 6 nitrogen and oxygen atoms in total. The fraction of sp³-hybridized carbons (Fsp3) is 0.400. The first-order valence-corrected chi connectivity index (χ1v) is 7.09. The smallest absolute Gasteiger partial charge is 0.319 e. The largest absolute Gasteiger partial charge is 0.338 e. The molecule has 3 N–H and O–H groups in total. The molecule has 0 aromatic heterocycles. The minimum absolute atomic E-state index is 0.222. The molecule has 22 heavy (non-hydrogen) atoms. The molecule has 0 saturated heterocycles. The fourth-order valence-corrected chi connectivity index (χ4v) is 1.75. The number of carbonyl (C=O) groups is 2. The minimum atomic E-state index is -0.627. The van der Waals surface area contributed by atoms with Crippen molar-refractivity contribution in [3.63, 3.8) is 0 Å². The predicted molar refractivity (Wildman–Crippen MR) is 85.5 cm³/mol. The van der Waals surface area contributed by atoms with Crippen LogP contribution < -0.4 is 16.0 Å². The number of amides is 3. The van der Waals surface area contributed by atoms with E-state index >= 15 is 0 Å². The molecule has 0 heterocycles. The number of hydrogen-bond acceptors (Lipinski definition) is 3. The van der Waals surface area contributed by atoms with Crippen LogP contribution in [0.2, 0.25) is 5.02 Å². The number of nitrogens with zero attached hydrogens (tertiary/aromatic N) is 1. The van der Waals surface area contributed by atoms with Crippen molar-refractivity contribution in [2.75, 3.05) is 11.9 Å². The maximum Gasteiger partial charge on any atom is 0.319 e. The first-order chi connectivity index (χ1) is 10.2. The van der Waals surface area contributed by atoms with Crippen molar-refractivity contribution in [1.82, 2.24) is 10.6 Å². The summed E-state index contributed by atoms with van der Waals surface area (Å²) in [5, 5.41) is 17.1. The third kappa shape index (κ3) is 6.02. The van der Waals surface area contributed by atoms with Crippen LogP contribution in [0.15, 0.2) is 24.3 Å². The second-order valence-electron chi connectivity index (χ2n) is 5.81. The summed E-state index contributed by atoms with van der Waals surface area (Å²) in [7, 11) is 0. The molecule has 0 aliphatic heterocycles. The molecule has 118 valence electrons. The number of nitriles is 1. The molecule has 0 aliphatic carbocycles. The van der Waals surface area contributed by atoms with Crippen LogP contribution in [0.25, 0.3) is 0 Å². The molecule has 0 bridgehead atoms. The van der Waals surface area contributed by atoms with Crippen LogP contribution in [0, 0.1) is 16.7 Å². The van der Waals surface area contributed by atoms with Crippen molar-refractivity contribution < 1.29 is 9.59 Å². The van der Waals surface area contributed by atoms with E-state index in [1.165, 1.54) is 0 Å². The number of hydrogen-bond donors (Lipinski definition) is 3. The van der Waals surface area contributed by atoms with Gasteiger partial charge in [0.05, 0.1) is 12.6 Å². The van der Waals surface area contributed by atoms with E-state index in [9.17, 15) is 9.59 Å². The van der Waals surface area contributed by atoms with Gasteiger partial charge in [0.1, 0.15) is 6.04 Å². The SMILES string of the molecule is CC(C)(C)C(C#N)NC(=O)CNC(=O)Nc1cccc(Cl)c1. The quantitative estimate of drug-likeness (QED) is 0.795. The molecule has 0 aliphatic rings. The zero-order valence-electron chi connectivity index (χ0n) is 12.7. The molecule has 0 spiro atoms. The molecule has 1 aromatic rings. The number of nitrogens with one attached hydrogen (secondary N) is 3. The van der Waals surface area contributed by atoms with Crippen molar-refractivity contribution in [2.45, 2.75) is 26.8 Å². The van der Waals surface area contributed by atoms with Crippen molar-refractivity contribution in [2.24, 2.45) is 5.41 Å². The molecule has 3 amide bonds. The van der Waals surface area contributed by atoms with E-state index in [1.54, 1.807) is 24.3 Å². The van der Waals surface area contributed by atoms with E-state index in [1.807, 2.05) is 26.8 Å². The highest BCUT2D eigenvalue weighted by Crippen LogP contribution is 2.18. The topological polar surface area (TPSA) is 94.0 Å². The Kier molecular flexibility index (Phi) is 6.20. The van der Waals surface area contributed by atoms with Crippen LogP contribution in [0.3, 0.4) is 0 Å². The van der Waals surface area contributed by atoms with E-state index in [0.29, 0.717) is 10.7 Å². The molecule has 1 rings (SSSR count). The van der Waals surface area contributed by atoms with Gasteiger partial charge in [-0.05, 0) is 23.6 Å². The fourth-order valence-electron chi connectivity index (χ4n) is 1.56. The normalized spacial score (nSPS) is 12.0. The molecule has 0 radical (unpaired) electrons. The lowest BCUT2D eigenvalue weighted by Gasteiger charge is -2.25. The zero-order chi connectivity index (χ0) is 16.8. The van der Waals surface area contributed by atoms with Crippen LogP contribution >= 0.6 is 11.6 Å². The van der Waals surface area contributed by atoms with Crippen LogP contribution in [0.5, 0.6) is 0 Å². The monoisotopic (exact) mass is 322 g/mol. The molecular weight excluding hydrogens is 304 g/mol. The molecule has 7 heteroatoms. The van der Waals surface area contributed by atoms with E-state index in [0.717, 1.165) is 0 Å². The van der Waals surface area contributed by atoms with Crippen molar-refractivity contribution >= 4 is 29.2 Å². The Morgan fingerprint density at radius 1 is 1.36 bits per heavy atom. The Hall–Kier alpha value is -2.26. The second-order valence-corrected chi connectivity index (χ2v) is 6.25. The summed E-state index contributed by atoms with van der Waals surface area (Å²) in [5.74, 6) is -0.428. The summed E-state index contributed by atoms with van der Waals surface area (Å²) in [6.45, 7) is 5.32. The van der Waals surface area contributed by atoms with Crippen molar-refractivity contribution in [3.05, 3.63) is 29.3 Å². The van der Waals surface area contributed by atoms with Gasteiger partial charge in [-0.15, -0.1) is 0 Å². The van der Waals surface area contributed by atoms with Crippen LogP contribution in [-0.4, -0.2) is 24.5 Å². The van der Waals surface area contributed by atoms with Crippen molar-refractivity contribution in [1.29, 1.82) is 5.26 Å². The number of rotatable bonds is 4. The summed E-state index contributed by atoms with van der Waals surface area (Å²) in [6, 6.07) is 7.53. The van der Waals surface area contributed by atoms with Gasteiger partial charge in [0.25, 0.3) is 0 Å². The summed E-state index contributed by atoms with van der Waals surface area (Å²) in [5.41, 5.74) is 0.142. The number of benzene rings is 1. The average molecular weight is 323 g/mol. The van der Waals surface area contributed by atoms with E-state index in [-0.39, 0.29) is 12.0 Å². The molecule has 1 atom stereocenters. The van der Waals surface area contributed by atoms with Gasteiger partial charge in [-0.1, -0.05) is 38.4 Å². The van der Waals surface area contributed by atoms with Gasteiger partial charge >= 0.3 is 6.03 Å². The van der Waals surface area contributed by atoms with Gasteiger partial charge in [-0.25, -0.2) is 4.79 Å². The highest BCUT2D eigenvalue weighted by Gasteiger charge is 2.25. The predicted octanol–water partition coefficient (Wildman–Crippen LogP) is 2.52. The van der Waals surface area contributed by atoms with Gasteiger partial charge in [-0.3, -0.25) is 4.79 Å². The first kappa shape index (κ1) is 17.8. The Bertz CT molecular complexity index is 590. The zero-order valence-corrected chi connectivity index (χ0v) is 13.5. The summed E-state index contributed by atoms with van der Waals surface area (Å²) < 4.78 is 0. The van der Waals surface area contributed by atoms with Crippen molar-refractivity contribution in [3.8, 4) is 6.07 Å². The Balaban J connectivity index is 2.44. The van der Waals surface area contributed by atoms with Gasteiger partial charge in [-0.2, -0.15) is 5.26 Å². The van der Waals surface area contributed by atoms with Crippen LogP contribution in [0.1, 0.15) is 20.8 Å². The van der Waals surface area contributed by atoms with E-state index in [2.05, 4.69) is 16.0 Å². The average Bonchev–Trinajstić information content (AvgIpc) is 2.41. The van der Waals surface area contributed by atoms with Crippen LogP contribution in [0.4, 0.5) is 10.5 Å². The van der Waals surface area contributed by atoms with Gasteiger partial charge in [0, 0.05) is 10.7 Å². The van der Waals surface area contributed by atoms with E-state index < -0.39 is 18.0 Å². The molecular formula is C15H19ClN4O2. The van der Waals surface area contributed by atoms with Gasteiger partial charge < -0.3 is 16.0 Å². The lowest BCUT2D eigenvalue weighted by atomic mass is 9.88. The third-order valence-corrected chi connectivity index (χ3v) is 3.03. The lowest BCUT2D eigenvalue weighted by Crippen LogP contribution is -2.47. The maximum atomic E-state index is 11.7. The minimum Gasteiger partial charge on any atom is -0.338 e. The highest BCUT2D eigenvalue weighted by molar-refractivity contribution is 6.30.